The first-order valence-electron chi connectivity index (χ1n) is 7.06. The van der Waals surface area contributed by atoms with Crippen molar-refractivity contribution < 1.29 is 19.4 Å². The highest BCUT2D eigenvalue weighted by molar-refractivity contribution is 6.09. The van der Waals surface area contributed by atoms with Crippen LogP contribution in [-0.4, -0.2) is 58.7 Å². The lowest BCUT2D eigenvalue weighted by atomic mass is 10.2. The smallest absolute Gasteiger partial charge is 0.337 e. The lowest BCUT2D eigenvalue weighted by molar-refractivity contribution is -0.136. The van der Waals surface area contributed by atoms with E-state index in [-0.39, 0.29) is 36.9 Å². The number of carbonyl (C=O) groups excluding carboxylic acids is 2. The average molecular weight is 316 g/mol. The van der Waals surface area contributed by atoms with E-state index < -0.39 is 5.97 Å². The molecule has 0 radical (unpaired) electrons. The Hall–Kier alpha value is -2.87. The maximum Gasteiger partial charge on any atom is 0.337 e. The molecule has 0 unspecified atom stereocenters. The Morgan fingerprint density at radius 3 is 3.09 bits per heavy atom. The van der Waals surface area contributed by atoms with Gasteiger partial charge in [-0.25, -0.2) is 9.78 Å². The minimum Gasteiger partial charge on any atom is -0.466 e. The van der Waals surface area contributed by atoms with E-state index in [2.05, 4.69) is 15.3 Å². The van der Waals surface area contributed by atoms with Crippen molar-refractivity contribution in [2.24, 2.45) is 0 Å². The number of H-pyrrole nitrogens is 1. The summed E-state index contributed by atoms with van der Waals surface area (Å²) in [4.78, 5) is 33.0. The van der Waals surface area contributed by atoms with E-state index in [0.29, 0.717) is 11.2 Å². The van der Waals surface area contributed by atoms with Gasteiger partial charge in [-0.1, -0.05) is 6.07 Å². The molecule has 0 atom stereocenters. The number of β-amino-alcohol motifs (C(OH)–C–C–N with tert-alkyl or cyclic N) is 1. The predicted octanol–water partition coefficient (Wildman–Crippen LogP) is 0.236. The molecule has 3 N–H and O–H groups in total. The molecule has 0 bridgehead atoms. The van der Waals surface area contributed by atoms with Gasteiger partial charge in [-0.05, 0) is 12.1 Å². The molecule has 120 valence electrons. The number of para-hydroxylation sites is 1. The first-order chi connectivity index (χ1) is 11.2. The summed E-state index contributed by atoms with van der Waals surface area (Å²) in [6, 6.07) is 5.44. The zero-order valence-corrected chi connectivity index (χ0v) is 12.5. The molecule has 0 saturated carbocycles. The van der Waals surface area contributed by atoms with Gasteiger partial charge in [0, 0.05) is 6.54 Å². The number of aliphatic hydroxyl groups is 1. The normalized spacial score (nSPS) is 14.7. The number of anilines is 1. The molecule has 23 heavy (non-hydrogen) atoms. The summed E-state index contributed by atoms with van der Waals surface area (Å²) in [5.74, 6) is -0.928. The summed E-state index contributed by atoms with van der Waals surface area (Å²) in [5.41, 5.74) is 2.48. The van der Waals surface area contributed by atoms with Crippen LogP contribution in [-0.2, 0) is 14.3 Å². The summed E-state index contributed by atoms with van der Waals surface area (Å²) in [5, 5.41) is 12.0. The van der Waals surface area contributed by atoms with E-state index in [0.717, 1.165) is 5.52 Å². The predicted molar refractivity (Wildman–Crippen MR) is 82.4 cm³/mol. The highest BCUT2D eigenvalue weighted by atomic mass is 16.5. The molecule has 1 amide bonds. The summed E-state index contributed by atoms with van der Waals surface area (Å²) in [7, 11) is 1.26. The van der Waals surface area contributed by atoms with Gasteiger partial charge in [0.1, 0.15) is 11.2 Å². The molecule has 0 aliphatic carbocycles. The zero-order valence-electron chi connectivity index (χ0n) is 12.5. The third-order valence-corrected chi connectivity index (χ3v) is 3.66. The average Bonchev–Trinajstić information content (AvgIpc) is 3.15. The van der Waals surface area contributed by atoms with Crippen molar-refractivity contribution in [1.29, 1.82) is 0 Å². The summed E-state index contributed by atoms with van der Waals surface area (Å²) < 4.78 is 4.75. The van der Waals surface area contributed by atoms with E-state index >= 15 is 0 Å². The third-order valence-electron chi connectivity index (χ3n) is 3.66. The second-order valence-corrected chi connectivity index (χ2v) is 5.02. The number of amides is 1. The van der Waals surface area contributed by atoms with Gasteiger partial charge in [0.25, 0.3) is 5.91 Å². The number of esters is 1. The lowest BCUT2D eigenvalue weighted by Crippen LogP contribution is -2.31. The highest BCUT2D eigenvalue weighted by Crippen LogP contribution is 2.26. The molecule has 1 aromatic carbocycles. The number of rotatable bonds is 5. The van der Waals surface area contributed by atoms with Crippen LogP contribution < -0.4 is 5.32 Å². The molecule has 1 aliphatic rings. The zero-order chi connectivity index (χ0) is 16.4. The van der Waals surface area contributed by atoms with Crippen molar-refractivity contribution in [2.45, 2.75) is 0 Å². The van der Waals surface area contributed by atoms with Gasteiger partial charge in [-0.2, -0.15) is 0 Å². The minimum absolute atomic E-state index is 0.102. The number of imidazole rings is 1. The largest absolute Gasteiger partial charge is 0.466 e. The fourth-order valence-corrected chi connectivity index (χ4v) is 2.55. The Kier molecular flexibility index (Phi) is 3.98. The van der Waals surface area contributed by atoms with Gasteiger partial charge >= 0.3 is 5.97 Å². The van der Waals surface area contributed by atoms with Gasteiger partial charge in [0.15, 0.2) is 0 Å². The van der Waals surface area contributed by atoms with Gasteiger partial charge < -0.3 is 25.0 Å². The molecule has 8 heteroatoms. The number of carbonyl (C=O) groups is 2. The number of methoxy groups -OCH3 is 1. The highest BCUT2D eigenvalue weighted by Gasteiger charge is 2.34. The Morgan fingerprint density at radius 2 is 2.35 bits per heavy atom. The molecular formula is C15H16N4O4. The number of nitrogens with one attached hydrogen (secondary N) is 2. The van der Waals surface area contributed by atoms with Crippen molar-refractivity contribution in [3.05, 3.63) is 35.8 Å². The van der Waals surface area contributed by atoms with Crippen LogP contribution in [0.15, 0.2) is 35.8 Å². The number of aliphatic hydroxyl groups excluding tert-OH is 1. The van der Waals surface area contributed by atoms with Crippen molar-refractivity contribution in [3.63, 3.8) is 0 Å². The standard InChI is InChI=1S/C15H16N4O4/c1-23-15(22)9-7-19(5-6-20)14(21)12(9)18-11-4-2-3-10-13(11)17-8-16-10/h2-4,8,18,20H,5-7H2,1H3,(H,16,17). The van der Waals surface area contributed by atoms with Crippen LogP contribution in [0.1, 0.15) is 0 Å². The Morgan fingerprint density at radius 1 is 1.52 bits per heavy atom. The van der Waals surface area contributed by atoms with Gasteiger partial charge in [0.05, 0.1) is 43.4 Å². The van der Waals surface area contributed by atoms with Crippen molar-refractivity contribution in [2.75, 3.05) is 32.1 Å². The molecule has 3 rings (SSSR count). The fraction of sp³-hybridized carbons (Fsp3) is 0.267. The van der Waals surface area contributed by atoms with Crippen LogP contribution in [0.4, 0.5) is 5.69 Å². The summed E-state index contributed by atoms with van der Waals surface area (Å²) >= 11 is 0. The first-order valence-corrected chi connectivity index (χ1v) is 7.06. The molecule has 0 spiro atoms. The molecular weight excluding hydrogens is 300 g/mol. The summed E-state index contributed by atoms with van der Waals surface area (Å²) in [6.45, 7) is 0.0739. The molecule has 2 heterocycles. The number of hydrogen-bond acceptors (Lipinski definition) is 6. The topological polar surface area (TPSA) is 108 Å². The number of aromatic nitrogens is 2. The van der Waals surface area contributed by atoms with Crippen molar-refractivity contribution >= 4 is 28.6 Å². The molecule has 0 fully saturated rings. The Balaban J connectivity index is 1.98. The van der Waals surface area contributed by atoms with Crippen LogP contribution in [0.25, 0.3) is 11.0 Å². The van der Waals surface area contributed by atoms with Gasteiger partial charge in [-0.3, -0.25) is 4.79 Å². The van der Waals surface area contributed by atoms with Crippen molar-refractivity contribution in [1.82, 2.24) is 14.9 Å². The summed E-state index contributed by atoms with van der Waals surface area (Å²) in [6.07, 6.45) is 1.56. The first kappa shape index (κ1) is 15.0. The molecule has 1 aliphatic heterocycles. The number of hydrogen-bond donors (Lipinski definition) is 3. The molecule has 0 saturated heterocycles. The Labute approximate surface area is 131 Å². The van der Waals surface area contributed by atoms with Crippen LogP contribution >= 0.6 is 0 Å². The van der Waals surface area contributed by atoms with E-state index in [4.69, 9.17) is 9.84 Å². The number of nitrogens with zero attached hydrogens (tertiary/aromatic N) is 2. The number of fused-ring (bicyclic) bond motifs is 1. The quantitative estimate of drug-likeness (QED) is 0.682. The van der Waals surface area contributed by atoms with Crippen LogP contribution in [0, 0.1) is 0 Å². The van der Waals surface area contributed by atoms with E-state index in [1.807, 2.05) is 12.1 Å². The minimum atomic E-state index is -0.574. The van der Waals surface area contributed by atoms with Crippen LogP contribution in [0.2, 0.25) is 0 Å². The molecule has 1 aromatic heterocycles. The maximum atomic E-state index is 12.5. The second-order valence-electron chi connectivity index (χ2n) is 5.02. The van der Waals surface area contributed by atoms with E-state index in [1.54, 1.807) is 12.4 Å². The van der Waals surface area contributed by atoms with Crippen LogP contribution in [0.5, 0.6) is 0 Å². The van der Waals surface area contributed by atoms with Crippen LogP contribution in [0.3, 0.4) is 0 Å². The number of ether oxygens (including phenoxy) is 1. The Bertz CT molecular complexity index is 796. The van der Waals surface area contributed by atoms with E-state index in [1.165, 1.54) is 12.0 Å². The maximum absolute atomic E-state index is 12.5. The van der Waals surface area contributed by atoms with E-state index in [9.17, 15) is 9.59 Å². The number of aromatic amines is 1. The fourth-order valence-electron chi connectivity index (χ4n) is 2.55. The number of benzene rings is 1. The third kappa shape index (κ3) is 2.64. The van der Waals surface area contributed by atoms with Gasteiger partial charge in [-0.15, -0.1) is 0 Å². The second kappa shape index (κ2) is 6.09. The van der Waals surface area contributed by atoms with Gasteiger partial charge in [0.2, 0.25) is 0 Å². The molecule has 8 nitrogen and oxygen atoms in total. The van der Waals surface area contributed by atoms with Crippen molar-refractivity contribution in [3.8, 4) is 0 Å². The lowest BCUT2D eigenvalue weighted by Gasteiger charge is -2.15. The SMILES string of the molecule is COC(=O)C1=C(Nc2cccc3[nH]cnc23)C(=O)N(CCO)C1. The molecule has 2 aromatic rings. The monoisotopic (exact) mass is 316 g/mol.